The zero-order valence-corrected chi connectivity index (χ0v) is 10.6. The first kappa shape index (κ1) is 13.5. The molecule has 0 aliphatic carbocycles. The minimum absolute atomic E-state index is 0.00238. The summed E-state index contributed by atoms with van der Waals surface area (Å²) < 4.78 is 5.04. The van der Waals surface area contributed by atoms with Gasteiger partial charge in [-0.1, -0.05) is 12.1 Å². The van der Waals surface area contributed by atoms with Gasteiger partial charge in [0.2, 0.25) is 0 Å². The lowest BCUT2D eigenvalue weighted by Gasteiger charge is -2.24. The lowest BCUT2D eigenvalue weighted by Crippen LogP contribution is -2.38. The van der Waals surface area contributed by atoms with Gasteiger partial charge in [-0.2, -0.15) is 0 Å². The predicted octanol–water partition coefficient (Wildman–Crippen LogP) is 1.65. The average Bonchev–Trinajstić information content (AvgIpc) is 2.34. The van der Waals surface area contributed by atoms with E-state index in [0.29, 0.717) is 18.8 Å². The van der Waals surface area contributed by atoms with E-state index in [-0.39, 0.29) is 5.91 Å². The Morgan fingerprint density at radius 2 is 2.24 bits per heavy atom. The Morgan fingerprint density at radius 1 is 1.53 bits per heavy atom. The van der Waals surface area contributed by atoms with E-state index in [1.54, 1.807) is 11.8 Å². The number of carbonyl (C=O) groups excluding carboxylic acids is 1. The number of ether oxygens (including phenoxy) is 1. The summed E-state index contributed by atoms with van der Waals surface area (Å²) in [5.74, 6) is -0.00238. The molecule has 94 valence electrons. The first-order valence-corrected chi connectivity index (χ1v) is 5.74. The van der Waals surface area contributed by atoms with Gasteiger partial charge >= 0.3 is 0 Å². The summed E-state index contributed by atoms with van der Waals surface area (Å²) in [5.41, 5.74) is 7.45. The summed E-state index contributed by atoms with van der Waals surface area (Å²) in [6, 6.07) is 7.57. The van der Waals surface area contributed by atoms with E-state index < -0.39 is 6.10 Å². The zero-order chi connectivity index (χ0) is 12.8. The van der Waals surface area contributed by atoms with Gasteiger partial charge in [-0.05, 0) is 31.5 Å². The van der Waals surface area contributed by atoms with Gasteiger partial charge in [-0.25, -0.2) is 0 Å². The van der Waals surface area contributed by atoms with Crippen molar-refractivity contribution in [1.82, 2.24) is 4.90 Å². The zero-order valence-electron chi connectivity index (χ0n) is 10.6. The average molecular weight is 236 g/mol. The third kappa shape index (κ3) is 3.75. The van der Waals surface area contributed by atoms with Crippen LogP contribution in [-0.4, -0.2) is 30.6 Å². The minimum Gasteiger partial charge on any atom is -0.399 e. The number of nitrogens with zero attached hydrogens (tertiary/aromatic N) is 1. The first-order chi connectivity index (χ1) is 8.08. The molecule has 2 N–H and O–H groups in total. The van der Waals surface area contributed by atoms with Crippen LogP contribution in [0, 0.1) is 0 Å². The Bertz CT molecular complexity index is 379. The number of benzene rings is 1. The van der Waals surface area contributed by atoms with Gasteiger partial charge in [0.05, 0.1) is 0 Å². The monoisotopic (exact) mass is 236 g/mol. The molecule has 0 aliphatic rings. The maximum Gasteiger partial charge on any atom is 0.251 e. The molecule has 0 heterocycles. The molecule has 0 spiro atoms. The molecule has 0 fully saturated rings. The van der Waals surface area contributed by atoms with Crippen LogP contribution >= 0.6 is 0 Å². The van der Waals surface area contributed by atoms with Crippen molar-refractivity contribution in [3.8, 4) is 0 Å². The molecule has 17 heavy (non-hydrogen) atoms. The Balaban J connectivity index is 2.73. The summed E-state index contributed by atoms with van der Waals surface area (Å²) in [5, 5.41) is 0. The fourth-order valence-corrected chi connectivity index (χ4v) is 1.62. The molecule has 1 aromatic carbocycles. The Morgan fingerprint density at radius 3 is 2.76 bits per heavy atom. The van der Waals surface area contributed by atoms with E-state index in [0.717, 1.165) is 5.56 Å². The minimum atomic E-state index is -0.406. The Labute approximate surface area is 102 Å². The van der Waals surface area contributed by atoms with Gasteiger partial charge in [0.15, 0.2) is 0 Å². The fourth-order valence-electron chi connectivity index (χ4n) is 1.62. The second kappa shape index (κ2) is 6.25. The highest BCUT2D eigenvalue weighted by Gasteiger charge is 2.18. The van der Waals surface area contributed by atoms with Crippen LogP contribution in [0.2, 0.25) is 0 Å². The molecule has 0 bridgehead atoms. The molecule has 1 unspecified atom stereocenters. The highest BCUT2D eigenvalue weighted by molar-refractivity contribution is 5.80. The second-order valence-corrected chi connectivity index (χ2v) is 3.98. The first-order valence-electron chi connectivity index (χ1n) is 5.74. The molecule has 4 nitrogen and oxygen atoms in total. The number of anilines is 1. The highest BCUT2D eigenvalue weighted by Crippen LogP contribution is 2.10. The van der Waals surface area contributed by atoms with Crippen molar-refractivity contribution in [3.63, 3.8) is 0 Å². The number of nitrogen functional groups attached to an aromatic ring is 1. The number of carbonyl (C=O) groups is 1. The summed E-state index contributed by atoms with van der Waals surface area (Å²) in [6.07, 6.45) is -0.406. The molecule has 0 aromatic heterocycles. The largest absolute Gasteiger partial charge is 0.399 e. The molecule has 0 saturated carbocycles. The van der Waals surface area contributed by atoms with Crippen LogP contribution in [0.4, 0.5) is 5.69 Å². The third-order valence-corrected chi connectivity index (χ3v) is 2.72. The maximum absolute atomic E-state index is 12.0. The van der Waals surface area contributed by atoms with Gasteiger partial charge in [-0.15, -0.1) is 0 Å². The molecule has 1 aromatic rings. The van der Waals surface area contributed by atoms with E-state index in [1.807, 2.05) is 31.2 Å². The maximum atomic E-state index is 12.0. The van der Waals surface area contributed by atoms with Gasteiger partial charge in [0.1, 0.15) is 6.10 Å². The number of hydrogen-bond donors (Lipinski definition) is 1. The molecule has 0 radical (unpaired) electrons. The molecule has 0 aliphatic heterocycles. The van der Waals surface area contributed by atoms with Crippen molar-refractivity contribution >= 4 is 11.6 Å². The molecule has 4 heteroatoms. The topological polar surface area (TPSA) is 55.6 Å². The highest BCUT2D eigenvalue weighted by atomic mass is 16.5. The third-order valence-electron chi connectivity index (χ3n) is 2.72. The summed E-state index contributed by atoms with van der Waals surface area (Å²) in [7, 11) is 1.54. The van der Waals surface area contributed by atoms with Crippen molar-refractivity contribution in [2.75, 3.05) is 19.4 Å². The van der Waals surface area contributed by atoms with E-state index in [2.05, 4.69) is 0 Å². The van der Waals surface area contributed by atoms with Crippen LogP contribution in [0.3, 0.4) is 0 Å². The lowest BCUT2D eigenvalue weighted by atomic mass is 10.2. The van der Waals surface area contributed by atoms with Crippen molar-refractivity contribution in [2.45, 2.75) is 26.5 Å². The molecular formula is C13H20N2O2. The van der Waals surface area contributed by atoms with Gasteiger partial charge in [0, 0.05) is 25.9 Å². The molecule has 1 rings (SSSR count). The van der Waals surface area contributed by atoms with Gasteiger partial charge in [-0.3, -0.25) is 4.79 Å². The van der Waals surface area contributed by atoms with Gasteiger partial charge < -0.3 is 15.4 Å². The van der Waals surface area contributed by atoms with Crippen molar-refractivity contribution < 1.29 is 9.53 Å². The normalized spacial score (nSPS) is 12.2. The number of methoxy groups -OCH3 is 1. The fraction of sp³-hybridized carbons (Fsp3) is 0.462. The summed E-state index contributed by atoms with van der Waals surface area (Å²) in [6.45, 7) is 4.92. The molecule has 1 amide bonds. The van der Waals surface area contributed by atoms with Crippen molar-refractivity contribution in [1.29, 1.82) is 0 Å². The van der Waals surface area contributed by atoms with Crippen LogP contribution in [0.1, 0.15) is 19.4 Å². The van der Waals surface area contributed by atoms with E-state index >= 15 is 0 Å². The van der Waals surface area contributed by atoms with E-state index in [1.165, 1.54) is 7.11 Å². The van der Waals surface area contributed by atoms with Gasteiger partial charge in [0.25, 0.3) is 5.91 Å². The predicted molar refractivity (Wildman–Crippen MR) is 68.4 cm³/mol. The van der Waals surface area contributed by atoms with Crippen LogP contribution in [-0.2, 0) is 16.1 Å². The summed E-state index contributed by atoms with van der Waals surface area (Å²) >= 11 is 0. The molecule has 0 saturated heterocycles. The van der Waals surface area contributed by atoms with Crippen molar-refractivity contribution in [2.24, 2.45) is 0 Å². The quantitative estimate of drug-likeness (QED) is 0.791. The number of rotatable bonds is 5. The number of nitrogens with two attached hydrogens (primary N) is 1. The van der Waals surface area contributed by atoms with Crippen molar-refractivity contribution in [3.05, 3.63) is 29.8 Å². The smallest absolute Gasteiger partial charge is 0.251 e. The Kier molecular flexibility index (Phi) is 4.97. The van der Waals surface area contributed by atoms with Crippen LogP contribution in [0.5, 0.6) is 0 Å². The Hall–Kier alpha value is -1.55. The second-order valence-electron chi connectivity index (χ2n) is 3.98. The van der Waals surface area contributed by atoms with E-state index in [4.69, 9.17) is 10.5 Å². The molecular weight excluding hydrogens is 216 g/mol. The standard InChI is InChI=1S/C13H20N2O2/c1-4-15(13(16)10(2)17-3)9-11-6-5-7-12(14)8-11/h5-8,10H,4,9,14H2,1-3H3. The van der Waals surface area contributed by atoms with E-state index in [9.17, 15) is 4.79 Å². The number of amides is 1. The number of hydrogen-bond acceptors (Lipinski definition) is 3. The van der Waals surface area contributed by atoms with Crippen LogP contribution in [0.15, 0.2) is 24.3 Å². The SMILES string of the molecule is CCN(Cc1cccc(N)c1)C(=O)C(C)OC. The summed E-state index contributed by atoms with van der Waals surface area (Å²) in [4.78, 5) is 13.7. The van der Waals surface area contributed by atoms with Crippen LogP contribution < -0.4 is 5.73 Å². The van der Waals surface area contributed by atoms with Crippen LogP contribution in [0.25, 0.3) is 0 Å². The molecule has 1 atom stereocenters. The number of likely N-dealkylation sites (N-methyl/N-ethyl adjacent to an activating group) is 1. The lowest BCUT2D eigenvalue weighted by molar-refractivity contribution is -0.141.